The van der Waals surface area contributed by atoms with E-state index in [-0.39, 0.29) is 0 Å². The molecule has 0 amide bonds. The molecule has 2 atom stereocenters. The molecule has 0 saturated carbocycles. The molecular formula is C15H22BrNO. The third-order valence-corrected chi connectivity index (χ3v) is 4.42. The van der Waals surface area contributed by atoms with Crippen molar-refractivity contribution in [3.8, 4) is 0 Å². The summed E-state index contributed by atoms with van der Waals surface area (Å²) in [5.41, 5.74) is 2.62. The Balaban J connectivity index is 1.81. The van der Waals surface area contributed by atoms with E-state index in [1.807, 2.05) is 0 Å². The van der Waals surface area contributed by atoms with E-state index in [9.17, 15) is 0 Å². The molecule has 2 nitrogen and oxygen atoms in total. The molecule has 3 heteroatoms. The molecule has 0 aromatic heterocycles. The maximum atomic E-state index is 5.71. The Morgan fingerprint density at radius 2 is 2.28 bits per heavy atom. The monoisotopic (exact) mass is 311 g/mol. The summed E-state index contributed by atoms with van der Waals surface area (Å²) in [5, 5.41) is 3.56. The van der Waals surface area contributed by atoms with Crippen molar-refractivity contribution in [2.75, 3.05) is 13.2 Å². The number of hydrogen-bond donors (Lipinski definition) is 1. The summed E-state index contributed by atoms with van der Waals surface area (Å²) in [6.45, 7) is 7.23. The first-order chi connectivity index (χ1) is 8.70. The van der Waals surface area contributed by atoms with Gasteiger partial charge in [-0.05, 0) is 42.9 Å². The summed E-state index contributed by atoms with van der Waals surface area (Å²) < 4.78 is 6.91. The predicted octanol–water partition coefficient (Wildman–Crippen LogP) is 3.66. The quantitative estimate of drug-likeness (QED) is 0.896. The van der Waals surface area contributed by atoms with Crippen molar-refractivity contribution >= 4 is 15.9 Å². The van der Waals surface area contributed by atoms with Gasteiger partial charge in [0.05, 0.1) is 6.10 Å². The number of aryl methyl sites for hydroxylation is 1. The predicted molar refractivity (Wildman–Crippen MR) is 78.7 cm³/mol. The standard InChI is InChI=1S/C15H22BrNO/c1-3-15-13(6-7-18-15)10-17-9-12-5-4-11(2)8-14(12)16/h4-5,8,13,15,17H,3,6-7,9-10H2,1-2H3. The maximum absolute atomic E-state index is 5.71. The van der Waals surface area contributed by atoms with Crippen LogP contribution >= 0.6 is 15.9 Å². The maximum Gasteiger partial charge on any atom is 0.0613 e. The van der Waals surface area contributed by atoms with Gasteiger partial charge in [-0.1, -0.05) is 35.0 Å². The average Bonchev–Trinajstić information content (AvgIpc) is 2.79. The second-order valence-electron chi connectivity index (χ2n) is 5.09. The van der Waals surface area contributed by atoms with E-state index in [0.29, 0.717) is 12.0 Å². The van der Waals surface area contributed by atoms with E-state index in [1.54, 1.807) is 0 Å². The number of halogens is 1. The Kier molecular flexibility index (Phi) is 5.22. The molecule has 0 bridgehead atoms. The summed E-state index contributed by atoms with van der Waals surface area (Å²) in [5.74, 6) is 0.680. The van der Waals surface area contributed by atoms with Crippen LogP contribution in [-0.4, -0.2) is 19.3 Å². The molecule has 1 aromatic rings. The minimum Gasteiger partial charge on any atom is -0.378 e. The molecule has 1 aromatic carbocycles. The number of hydrogen-bond acceptors (Lipinski definition) is 2. The van der Waals surface area contributed by atoms with E-state index in [1.165, 1.54) is 22.0 Å². The average molecular weight is 312 g/mol. The van der Waals surface area contributed by atoms with Gasteiger partial charge in [-0.2, -0.15) is 0 Å². The van der Waals surface area contributed by atoms with Crippen molar-refractivity contribution in [2.45, 2.75) is 39.3 Å². The Morgan fingerprint density at radius 3 is 3.00 bits per heavy atom. The van der Waals surface area contributed by atoms with Crippen molar-refractivity contribution in [1.82, 2.24) is 5.32 Å². The molecule has 1 aliphatic rings. The van der Waals surface area contributed by atoms with Gasteiger partial charge in [0.2, 0.25) is 0 Å². The molecule has 2 rings (SSSR count). The van der Waals surface area contributed by atoms with Gasteiger partial charge in [0, 0.05) is 24.2 Å². The zero-order valence-electron chi connectivity index (χ0n) is 11.2. The molecule has 0 aliphatic carbocycles. The van der Waals surface area contributed by atoms with Crippen molar-refractivity contribution < 1.29 is 4.74 Å². The van der Waals surface area contributed by atoms with Crippen molar-refractivity contribution in [3.63, 3.8) is 0 Å². The van der Waals surface area contributed by atoms with E-state index < -0.39 is 0 Å². The molecule has 100 valence electrons. The molecule has 1 heterocycles. The van der Waals surface area contributed by atoms with E-state index >= 15 is 0 Å². The molecule has 0 spiro atoms. The van der Waals surface area contributed by atoms with Gasteiger partial charge >= 0.3 is 0 Å². The summed E-state index contributed by atoms with van der Waals surface area (Å²) in [4.78, 5) is 0. The lowest BCUT2D eigenvalue weighted by Crippen LogP contribution is -2.28. The molecular weight excluding hydrogens is 290 g/mol. The molecule has 0 radical (unpaired) electrons. The SMILES string of the molecule is CCC1OCCC1CNCc1ccc(C)cc1Br. The summed E-state index contributed by atoms with van der Waals surface area (Å²) in [6, 6.07) is 6.52. The third kappa shape index (κ3) is 3.56. The lowest BCUT2D eigenvalue weighted by Gasteiger charge is -2.17. The molecule has 1 saturated heterocycles. The van der Waals surface area contributed by atoms with Gasteiger partial charge in [0.15, 0.2) is 0 Å². The first-order valence-electron chi connectivity index (χ1n) is 6.78. The Bertz CT molecular complexity index is 394. The number of benzene rings is 1. The van der Waals surface area contributed by atoms with Crippen molar-refractivity contribution in [2.24, 2.45) is 5.92 Å². The molecule has 1 fully saturated rings. The summed E-state index contributed by atoms with van der Waals surface area (Å²) in [6.07, 6.45) is 2.78. The number of ether oxygens (including phenoxy) is 1. The fourth-order valence-corrected chi connectivity index (χ4v) is 3.20. The smallest absolute Gasteiger partial charge is 0.0613 e. The Labute approximate surface area is 118 Å². The van der Waals surface area contributed by atoms with Crippen LogP contribution < -0.4 is 5.32 Å². The van der Waals surface area contributed by atoms with Crippen LogP contribution in [0.1, 0.15) is 30.9 Å². The zero-order valence-corrected chi connectivity index (χ0v) is 12.8. The van der Waals surface area contributed by atoms with Crippen LogP contribution in [-0.2, 0) is 11.3 Å². The van der Waals surface area contributed by atoms with Crippen LogP contribution in [0, 0.1) is 12.8 Å². The third-order valence-electron chi connectivity index (χ3n) is 3.68. The minimum atomic E-state index is 0.457. The number of nitrogens with one attached hydrogen (secondary N) is 1. The summed E-state index contributed by atoms with van der Waals surface area (Å²) in [7, 11) is 0. The second-order valence-corrected chi connectivity index (χ2v) is 5.95. The Morgan fingerprint density at radius 1 is 1.44 bits per heavy atom. The topological polar surface area (TPSA) is 21.3 Å². The minimum absolute atomic E-state index is 0.457. The lowest BCUT2D eigenvalue weighted by atomic mass is 9.99. The normalized spacial score (nSPS) is 23.5. The van der Waals surface area contributed by atoms with Crippen LogP contribution in [0.2, 0.25) is 0 Å². The zero-order chi connectivity index (χ0) is 13.0. The van der Waals surface area contributed by atoms with Crippen LogP contribution in [0.25, 0.3) is 0 Å². The van der Waals surface area contributed by atoms with E-state index in [0.717, 1.165) is 26.1 Å². The van der Waals surface area contributed by atoms with Gasteiger partial charge in [-0.3, -0.25) is 0 Å². The molecule has 2 unspecified atom stereocenters. The molecule has 18 heavy (non-hydrogen) atoms. The highest BCUT2D eigenvalue weighted by atomic mass is 79.9. The van der Waals surface area contributed by atoms with Crippen LogP contribution in [0.3, 0.4) is 0 Å². The van der Waals surface area contributed by atoms with Gasteiger partial charge < -0.3 is 10.1 Å². The van der Waals surface area contributed by atoms with E-state index in [4.69, 9.17) is 4.74 Å². The van der Waals surface area contributed by atoms with Crippen molar-refractivity contribution in [1.29, 1.82) is 0 Å². The first kappa shape index (κ1) is 14.0. The Hall–Kier alpha value is -0.380. The van der Waals surface area contributed by atoms with Gasteiger partial charge in [-0.15, -0.1) is 0 Å². The van der Waals surface area contributed by atoms with Gasteiger partial charge in [0.25, 0.3) is 0 Å². The molecule has 1 aliphatic heterocycles. The van der Waals surface area contributed by atoms with Crippen LogP contribution in [0.15, 0.2) is 22.7 Å². The van der Waals surface area contributed by atoms with Crippen molar-refractivity contribution in [3.05, 3.63) is 33.8 Å². The number of rotatable bonds is 5. The first-order valence-corrected chi connectivity index (χ1v) is 7.57. The van der Waals surface area contributed by atoms with Gasteiger partial charge in [-0.25, -0.2) is 0 Å². The lowest BCUT2D eigenvalue weighted by molar-refractivity contribution is 0.0872. The highest BCUT2D eigenvalue weighted by Crippen LogP contribution is 2.23. The van der Waals surface area contributed by atoms with E-state index in [2.05, 4.69) is 53.3 Å². The largest absolute Gasteiger partial charge is 0.378 e. The molecule has 1 N–H and O–H groups in total. The highest BCUT2D eigenvalue weighted by molar-refractivity contribution is 9.10. The fraction of sp³-hybridized carbons (Fsp3) is 0.600. The highest BCUT2D eigenvalue weighted by Gasteiger charge is 2.25. The van der Waals surface area contributed by atoms with Crippen LogP contribution in [0.5, 0.6) is 0 Å². The fourth-order valence-electron chi connectivity index (χ4n) is 2.57. The van der Waals surface area contributed by atoms with Gasteiger partial charge in [0.1, 0.15) is 0 Å². The second kappa shape index (κ2) is 6.69. The van der Waals surface area contributed by atoms with Crippen LogP contribution in [0.4, 0.5) is 0 Å². The summed E-state index contributed by atoms with van der Waals surface area (Å²) >= 11 is 3.62.